The highest BCUT2D eigenvalue weighted by atomic mass is 32.2. The van der Waals surface area contributed by atoms with Crippen molar-refractivity contribution in [3.63, 3.8) is 0 Å². The zero-order valence-corrected chi connectivity index (χ0v) is 18.6. The number of nitrogens with zero attached hydrogens (tertiary/aromatic N) is 3. The normalized spacial score (nSPS) is 10.8. The molecule has 8 nitrogen and oxygen atoms in total. The lowest BCUT2D eigenvalue weighted by molar-refractivity contribution is -0.118. The highest BCUT2D eigenvalue weighted by molar-refractivity contribution is 7.98. The van der Waals surface area contributed by atoms with Crippen molar-refractivity contribution in [3.8, 4) is 0 Å². The Morgan fingerprint density at radius 3 is 2.64 bits per heavy atom. The van der Waals surface area contributed by atoms with Crippen LogP contribution in [0.4, 0.5) is 5.69 Å². The SMILES string of the molecule is NC(=O)CCc1nnc(SCc2cccc(C(=O)Nc3ccccc3)c2)n1Cc1ccco1. The van der Waals surface area contributed by atoms with Crippen LogP contribution in [0, 0.1) is 0 Å². The molecule has 0 radical (unpaired) electrons. The maximum absolute atomic E-state index is 12.6. The minimum Gasteiger partial charge on any atom is -0.467 e. The number of primary amides is 1. The van der Waals surface area contributed by atoms with Gasteiger partial charge >= 0.3 is 0 Å². The third-order valence-electron chi connectivity index (χ3n) is 4.87. The molecular weight excluding hydrogens is 438 g/mol. The topological polar surface area (TPSA) is 116 Å². The maximum Gasteiger partial charge on any atom is 0.255 e. The van der Waals surface area contributed by atoms with E-state index in [0.29, 0.717) is 35.3 Å². The van der Waals surface area contributed by atoms with Crippen molar-refractivity contribution in [2.45, 2.75) is 30.3 Å². The lowest BCUT2D eigenvalue weighted by Crippen LogP contribution is -2.14. The average Bonchev–Trinajstić information content (AvgIpc) is 3.47. The Morgan fingerprint density at radius 1 is 1.03 bits per heavy atom. The Balaban J connectivity index is 1.46. The van der Waals surface area contributed by atoms with Crippen molar-refractivity contribution in [3.05, 3.63) is 95.7 Å². The summed E-state index contributed by atoms with van der Waals surface area (Å²) in [6.45, 7) is 0.454. The minimum absolute atomic E-state index is 0.164. The van der Waals surface area contributed by atoms with E-state index in [2.05, 4.69) is 15.5 Å². The number of hydrogen-bond donors (Lipinski definition) is 2. The van der Waals surface area contributed by atoms with E-state index in [0.717, 1.165) is 17.0 Å². The molecule has 9 heteroatoms. The van der Waals surface area contributed by atoms with E-state index in [-0.39, 0.29) is 18.2 Å². The van der Waals surface area contributed by atoms with Crippen LogP contribution in [0.25, 0.3) is 0 Å². The summed E-state index contributed by atoms with van der Waals surface area (Å²) >= 11 is 1.50. The summed E-state index contributed by atoms with van der Waals surface area (Å²) in [7, 11) is 0. The number of anilines is 1. The molecule has 0 saturated carbocycles. The summed E-state index contributed by atoms with van der Waals surface area (Å²) in [4.78, 5) is 23.8. The predicted octanol–water partition coefficient (Wildman–Crippen LogP) is 3.88. The van der Waals surface area contributed by atoms with Gasteiger partial charge in [0, 0.05) is 29.8 Å². The molecule has 3 N–H and O–H groups in total. The van der Waals surface area contributed by atoms with Gasteiger partial charge < -0.3 is 15.5 Å². The summed E-state index contributed by atoms with van der Waals surface area (Å²) < 4.78 is 7.40. The molecule has 168 valence electrons. The molecule has 0 bridgehead atoms. The summed E-state index contributed by atoms with van der Waals surface area (Å²) in [5.41, 5.74) is 7.61. The summed E-state index contributed by atoms with van der Waals surface area (Å²) in [5, 5.41) is 12.2. The largest absolute Gasteiger partial charge is 0.467 e. The molecule has 2 aromatic heterocycles. The molecule has 0 aliphatic heterocycles. The Kier molecular flexibility index (Phi) is 7.21. The predicted molar refractivity (Wildman–Crippen MR) is 126 cm³/mol. The summed E-state index contributed by atoms with van der Waals surface area (Å²) in [6, 6.07) is 20.5. The zero-order valence-electron chi connectivity index (χ0n) is 17.8. The first-order chi connectivity index (χ1) is 16.1. The molecule has 4 rings (SSSR count). The molecule has 33 heavy (non-hydrogen) atoms. The van der Waals surface area contributed by atoms with Gasteiger partial charge in [0.1, 0.15) is 11.6 Å². The van der Waals surface area contributed by atoms with Crippen molar-refractivity contribution < 1.29 is 14.0 Å². The van der Waals surface area contributed by atoms with E-state index >= 15 is 0 Å². The van der Waals surface area contributed by atoms with Gasteiger partial charge in [0.2, 0.25) is 5.91 Å². The van der Waals surface area contributed by atoms with Crippen LogP contribution in [0.15, 0.2) is 82.6 Å². The minimum atomic E-state index is -0.387. The maximum atomic E-state index is 12.6. The number of nitrogens with one attached hydrogen (secondary N) is 1. The third kappa shape index (κ3) is 6.11. The molecule has 0 atom stereocenters. The fourth-order valence-corrected chi connectivity index (χ4v) is 4.14. The Hall–Kier alpha value is -3.85. The zero-order chi connectivity index (χ0) is 23.0. The fourth-order valence-electron chi connectivity index (χ4n) is 3.24. The van der Waals surface area contributed by atoms with Gasteiger partial charge in [0.15, 0.2) is 5.16 Å². The van der Waals surface area contributed by atoms with Crippen molar-refractivity contribution in [1.29, 1.82) is 0 Å². The first-order valence-electron chi connectivity index (χ1n) is 10.4. The fraction of sp³-hybridized carbons (Fsp3) is 0.167. The molecule has 0 spiro atoms. The Morgan fingerprint density at radius 2 is 1.88 bits per heavy atom. The Labute approximate surface area is 195 Å². The van der Waals surface area contributed by atoms with Gasteiger partial charge in [-0.15, -0.1) is 10.2 Å². The van der Waals surface area contributed by atoms with Crippen molar-refractivity contribution >= 4 is 29.3 Å². The molecule has 0 fully saturated rings. The standard InChI is InChI=1S/C24H23N5O3S/c25-21(30)11-12-22-27-28-24(29(22)15-20-10-5-13-32-20)33-16-17-6-4-7-18(14-17)23(31)26-19-8-2-1-3-9-19/h1-10,13-14H,11-12,15-16H2,(H2,25,30)(H,26,31). The number of carbonyl (C=O) groups is 2. The Bertz CT molecular complexity index is 1220. The quantitative estimate of drug-likeness (QED) is 0.346. The van der Waals surface area contributed by atoms with Crippen LogP contribution in [-0.4, -0.2) is 26.6 Å². The number of hydrogen-bond acceptors (Lipinski definition) is 6. The second-order valence-electron chi connectivity index (χ2n) is 7.34. The van der Waals surface area contributed by atoms with Crippen LogP contribution in [0.5, 0.6) is 0 Å². The van der Waals surface area contributed by atoms with Gasteiger partial charge in [-0.25, -0.2) is 0 Å². The number of amides is 2. The van der Waals surface area contributed by atoms with Gasteiger partial charge in [0.05, 0.1) is 12.8 Å². The molecule has 0 aliphatic rings. The van der Waals surface area contributed by atoms with Crippen molar-refractivity contribution in [1.82, 2.24) is 14.8 Å². The van der Waals surface area contributed by atoms with E-state index in [1.807, 2.05) is 65.2 Å². The van der Waals surface area contributed by atoms with Gasteiger partial charge in [-0.05, 0) is 42.0 Å². The van der Waals surface area contributed by atoms with E-state index in [1.165, 1.54) is 11.8 Å². The van der Waals surface area contributed by atoms with E-state index < -0.39 is 0 Å². The first-order valence-corrected chi connectivity index (χ1v) is 11.4. The molecule has 0 aliphatic carbocycles. The van der Waals surface area contributed by atoms with Gasteiger partial charge in [-0.1, -0.05) is 42.1 Å². The summed E-state index contributed by atoms with van der Waals surface area (Å²) in [5.74, 6) is 1.48. The third-order valence-corrected chi connectivity index (χ3v) is 5.91. The number of thioether (sulfide) groups is 1. The number of carbonyl (C=O) groups excluding carboxylic acids is 2. The second kappa shape index (κ2) is 10.6. The van der Waals surface area contributed by atoms with Crippen LogP contribution in [0.1, 0.15) is 33.9 Å². The van der Waals surface area contributed by atoms with E-state index in [9.17, 15) is 9.59 Å². The number of furan rings is 1. The van der Waals surface area contributed by atoms with Crippen LogP contribution in [0.2, 0.25) is 0 Å². The van der Waals surface area contributed by atoms with Gasteiger partial charge in [-0.2, -0.15) is 0 Å². The first kappa shape index (κ1) is 22.3. The lowest BCUT2D eigenvalue weighted by Gasteiger charge is -2.09. The van der Waals surface area contributed by atoms with Crippen molar-refractivity contribution in [2.75, 3.05) is 5.32 Å². The van der Waals surface area contributed by atoms with E-state index in [1.54, 1.807) is 12.3 Å². The number of para-hydroxylation sites is 1. The molecule has 0 unspecified atom stereocenters. The molecule has 2 amide bonds. The van der Waals surface area contributed by atoms with Gasteiger partial charge in [0.25, 0.3) is 5.91 Å². The molecule has 2 heterocycles. The van der Waals surface area contributed by atoms with E-state index in [4.69, 9.17) is 10.2 Å². The van der Waals surface area contributed by atoms with Crippen molar-refractivity contribution in [2.24, 2.45) is 5.73 Å². The van der Waals surface area contributed by atoms with Crippen LogP contribution < -0.4 is 11.1 Å². The number of nitrogens with two attached hydrogens (primary N) is 1. The highest BCUT2D eigenvalue weighted by Gasteiger charge is 2.15. The van der Waals surface area contributed by atoms with Crippen LogP contribution in [-0.2, 0) is 23.5 Å². The van der Waals surface area contributed by atoms with Crippen LogP contribution in [0.3, 0.4) is 0 Å². The number of aromatic nitrogens is 3. The average molecular weight is 462 g/mol. The number of rotatable bonds is 10. The number of benzene rings is 2. The lowest BCUT2D eigenvalue weighted by atomic mass is 10.1. The second-order valence-corrected chi connectivity index (χ2v) is 8.28. The monoisotopic (exact) mass is 461 g/mol. The molecular formula is C24H23N5O3S. The molecule has 2 aromatic carbocycles. The van der Waals surface area contributed by atoms with Crippen LogP contribution >= 0.6 is 11.8 Å². The molecule has 0 saturated heterocycles. The smallest absolute Gasteiger partial charge is 0.255 e. The molecule has 4 aromatic rings. The summed E-state index contributed by atoms with van der Waals surface area (Å²) in [6.07, 6.45) is 2.21. The van der Waals surface area contributed by atoms with Gasteiger partial charge in [-0.3, -0.25) is 14.2 Å². The highest BCUT2D eigenvalue weighted by Crippen LogP contribution is 2.24. The number of aryl methyl sites for hydroxylation is 1.